The fraction of sp³-hybridized carbons (Fsp3) is 0.333. The molecule has 1 aromatic heterocycles. The highest BCUT2D eigenvalue weighted by molar-refractivity contribution is 5.95. The van der Waals surface area contributed by atoms with Crippen LogP contribution in [-0.4, -0.2) is 27.5 Å². The summed E-state index contributed by atoms with van der Waals surface area (Å²) in [6, 6.07) is 7.66. The van der Waals surface area contributed by atoms with Gasteiger partial charge in [0, 0.05) is 37.3 Å². The van der Waals surface area contributed by atoms with Crippen LogP contribution in [0.5, 0.6) is 0 Å². The van der Waals surface area contributed by atoms with E-state index in [1.54, 1.807) is 32.0 Å². The number of carbonyl (C=O) groups is 2. The Morgan fingerprint density at radius 3 is 2.32 bits per heavy atom. The minimum atomic E-state index is -1.11. The Kier molecular flexibility index (Phi) is 7.60. The first-order chi connectivity index (χ1) is 16.2. The largest absolute Gasteiger partial charge is 0.352 e. The second-order valence-electron chi connectivity index (χ2n) is 8.00. The summed E-state index contributed by atoms with van der Waals surface area (Å²) in [4.78, 5) is 49.8. The van der Waals surface area contributed by atoms with Gasteiger partial charge in [-0.2, -0.15) is 0 Å². The van der Waals surface area contributed by atoms with E-state index in [-0.39, 0.29) is 42.6 Å². The number of nitrogens with one attached hydrogen (secondary N) is 2. The maximum atomic E-state index is 13.3. The molecule has 0 aliphatic rings. The maximum Gasteiger partial charge on any atom is 0.331 e. The molecule has 2 amide bonds. The highest BCUT2D eigenvalue weighted by Gasteiger charge is 2.15. The van der Waals surface area contributed by atoms with Gasteiger partial charge in [-0.05, 0) is 56.2 Å². The molecule has 10 heteroatoms. The summed E-state index contributed by atoms with van der Waals surface area (Å²) < 4.78 is 29.0. The number of nitrogens with zero attached hydrogens (tertiary/aromatic N) is 2. The molecule has 1 unspecified atom stereocenters. The van der Waals surface area contributed by atoms with Gasteiger partial charge in [0.2, 0.25) is 5.91 Å². The summed E-state index contributed by atoms with van der Waals surface area (Å²) >= 11 is 0. The van der Waals surface area contributed by atoms with Crippen molar-refractivity contribution in [1.29, 1.82) is 0 Å². The van der Waals surface area contributed by atoms with Crippen molar-refractivity contribution >= 4 is 28.4 Å². The first-order valence-corrected chi connectivity index (χ1v) is 11.0. The van der Waals surface area contributed by atoms with Gasteiger partial charge in [0.25, 0.3) is 11.5 Å². The van der Waals surface area contributed by atoms with Gasteiger partial charge in [-0.3, -0.25) is 23.5 Å². The van der Waals surface area contributed by atoms with Crippen LogP contribution in [0.2, 0.25) is 0 Å². The molecular formula is C24H26F2N4O4. The summed E-state index contributed by atoms with van der Waals surface area (Å²) in [6.07, 6.45) is 0.0732. The maximum absolute atomic E-state index is 13.3. The fourth-order valence-electron chi connectivity index (χ4n) is 3.69. The number of amides is 2. The van der Waals surface area contributed by atoms with Crippen LogP contribution >= 0.6 is 0 Å². The SMILES string of the molecule is CCn1c(=O)c2cc(NC(=O)CC(C)CNC(=O)c3ccc(F)c(F)c3)ccc2n(CC)c1=O. The van der Waals surface area contributed by atoms with Crippen LogP contribution in [0.15, 0.2) is 46.0 Å². The van der Waals surface area contributed by atoms with Gasteiger partial charge in [-0.1, -0.05) is 6.92 Å². The smallest absolute Gasteiger partial charge is 0.331 e. The lowest BCUT2D eigenvalue weighted by Crippen LogP contribution is -2.39. The van der Waals surface area contributed by atoms with Crippen molar-refractivity contribution < 1.29 is 18.4 Å². The van der Waals surface area contributed by atoms with Crippen molar-refractivity contribution in [3.8, 4) is 0 Å². The molecular weight excluding hydrogens is 446 g/mol. The average Bonchev–Trinajstić information content (AvgIpc) is 2.80. The van der Waals surface area contributed by atoms with E-state index < -0.39 is 23.1 Å². The van der Waals surface area contributed by atoms with Crippen LogP contribution in [0.1, 0.15) is 37.6 Å². The number of anilines is 1. The molecule has 2 aromatic carbocycles. The minimum absolute atomic E-state index is 0.0185. The molecule has 0 fully saturated rings. The number of hydrogen-bond acceptors (Lipinski definition) is 4. The van der Waals surface area contributed by atoms with Crippen molar-refractivity contribution in [3.63, 3.8) is 0 Å². The molecule has 8 nitrogen and oxygen atoms in total. The lowest BCUT2D eigenvalue weighted by Gasteiger charge is -2.14. The molecule has 0 aliphatic carbocycles. The molecule has 34 heavy (non-hydrogen) atoms. The Labute approximate surface area is 194 Å². The molecule has 3 rings (SSSR count). The van der Waals surface area contributed by atoms with Crippen LogP contribution in [0.4, 0.5) is 14.5 Å². The lowest BCUT2D eigenvalue weighted by molar-refractivity contribution is -0.116. The van der Waals surface area contributed by atoms with Crippen LogP contribution in [0.3, 0.4) is 0 Å². The molecule has 0 radical (unpaired) electrons. The Bertz CT molecular complexity index is 1360. The van der Waals surface area contributed by atoms with E-state index in [1.807, 2.05) is 6.92 Å². The monoisotopic (exact) mass is 472 g/mol. The number of fused-ring (bicyclic) bond motifs is 1. The van der Waals surface area contributed by atoms with Crippen molar-refractivity contribution in [2.45, 2.75) is 40.3 Å². The molecule has 0 spiro atoms. The number of carbonyl (C=O) groups excluding carboxylic acids is 2. The van der Waals surface area contributed by atoms with E-state index in [0.717, 1.165) is 16.7 Å². The van der Waals surface area contributed by atoms with Crippen molar-refractivity contribution in [2.24, 2.45) is 5.92 Å². The van der Waals surface area contributed by atoms with Gasteiger partial charge in [-0.15, -0.1) is 0 Å². The Morgan fingerprint density at radius 1 is 0.971 bits per heavy atom. The first-order valence-electron chi connectivity index (χ1n) is 11.0. The quantitative estimate of drug-likeness (QED) is 0.526. The van der Waals surface area contributed by atoms with Crippen molar-refractivity contribution in [2.75, 3.05) is 11.9 Å². The molecule has 0 saturated carbocycles. The van der Waals surface area contributed by atoms with E-state index in [1.165, 1.54) is 10.6 Å². The van der Waals surface area contributed by atoms with Gasteiger partial charge >= 0.3 is 5.69 Å². The molecule has 1 atom stereocenters. The third-order valence-electron chi connectivity index (χ3n) is 5.47. The van der Waals surface area contributed by atoms with E-state index >= 15 is 0 Å². The average molecular weight is 472 g/mol. The second-order valence-corrected chi connectivity index (χ2v) is 8.00. The summed E-state index contributed by atoms with van der Waals surface area (Å²) in [7, 11) is 0. The number of halogens is 2. The number of rotatable bonds is 8. The zero-order chi connectivity index (χ0) is 25.0. The minimum Gasteiger partial charge on any atom is -0.352 e. The van der Waals surface area contributed by atoms with Crippen molar-refractivity contribution in [3.05, 3.63) is 74.4 Å². The van der Waals surface area contributed by atoms with E-state index in [0.29, 0.717) is 23.1 Å². The van der Waals surface area contributed by atoms with E-state index in [4.69, 9.17) is 0 Å². The van der Waals surface area contributed by atoms with Crippen LogP contribution in [0.25, 0.3) is 10.9 Å². The zero-order valence-electron chi connectivity index (χ0n) is 19.2. The number of hydrogen-bond donors (Lipinski definition) is 2. The second kappa shape index (κ2) is 10.4. The normalized spacial score (nSPS) is 11.9. The summed E-state index contributed by atoms with van der Waals surface area (Å²) in [5.74, 6) is -3.31. The molecule has 1 heterocycles. The van der Waals surface area contributed by atoms with Crippen LogP contribution < -0.4 is 21.9 Å². The summed E-state index contributed by atoms with van der Waals surface area (Å²) in [5.41, 5.74) is 0.0928. The van der Waals surface area contributed by atoms with Gasteiger partial charge in [0.1, 0.15) is 0 Å². The third kappa shape index (κ3) is 5.22. The van der Waals surface area contributed by atoms with Gasteiger partial charge in [0.15, 0.2) is 11.6 Å². The van der Waals surface area contributed by atoms with E-state index in [2.05, 4.69) is 10.6 Å². The molecule has 0 saturated heterocycles. The predicted octanol–water partition coefficient (Wildman–Crippen LogP) is 2.88. The Hall–Kier alpha value is -3.82. The molecule has 3 aromatic rings. The fourth-order valence-corrected chi connectivity index (χ4v) is 3.69. The summed E-state index contributed by atoms with van der Waals surface area (Å²) in [6.45, 7) is 6.06. The lowest BCUT2D eigenvalue weighted by atomic mass is 10.1. The Balaban J connectivity index is 1.66. The summed E-state index contributed by atoms with van der Waals surface area (Å²) in [5, 5.41) is 5.66. The highest BCUT2D eigenvalue weighted by atomic mass is 19.2. The topological polar surface area (TPSA) is 102 Å². The molecule has 0 bridgehead atoms. The number of aromatic nitrogens is 2. The number of aryl methyl sites for hydroxylation is 1. The third-order valence-corrected chi connectivity index (χ3v) is 5.47. The van der Waals surface area contributed by atoms with Gasteiger partial charge in [0.05, 0.1) is 10.9 Å². The Morgan fingerprint density at radius 2 is 1.68 bits per heavy atom. The van der Waals surface area contributed by atoms with Crippen LogP contribution in [0, 0.1) is 17.6 Å². The zero-order valence-corrected chi connectivity index (χ0v) is 19.2. The molecule has 2 N–H and O–H groups in total. The van der Waals surface area contributed by atoms with E-state index in [9.17, 15) is 28.0 Å². The molecule has 0 aliphatic heterocycles. The van der Waals surface area contributed by atoms with Gasteiger partial charge in [-0.25, -0.2) is 13.6 Å². The standard InChI is InChI=1S/C24H26F2N4O4/c1-4-29-20-9-7-16(12-17(20)23(33)30(5-2)24(29)34)28-21(31)10-14(3)13-27-22(32)15-6-8-18(25)19(26)11-15/h6-9,11-12,14H,4-5,10,13H2,1-3H3,(H,27,32)(H,28,31). The molecule has 180 valence electrons. The highest BCUT2D eigenvalue weighted by Crippen LogP contribution is 2.17. The van der Waals surface area contributed by atoms with Crippen LogP contribution in [-0.2, 0) is 17.9 Å². The van der Waals surface area contributed by atoms with Crippen molar-refractivity contribution in [1.82, 2.24) is 14.5 Å². The number of benzene rings is 2. The first kappa shape index (κ1) is 24.8. The van der Waals surface area contributed by atoms with Gasteiger partial charge < -0.3 is 10.6 Å². The predicted molar refractivity (Wildman–Crippen MR) is 125 cm³/mol.